The molecule has 0 spiro atoms. The van der Waals surface area contributed by atoms with Crippen LogP contribution >= 0.6 is 0 Å². The summed E-state index contributed by atoms with van der Waals surface area (Å²) in [6, 6.07) is 18.5. The lowest BCUT2D eigenvalue weighted by molar-refractivity contribution is 0.304. The maximum absolute atomic E-state index is 5.91. The highest BCUT2D eigenvalue weighted by atomic mass is 16.5. The fraction of sp³-hybridized carbons (Fsp3) is 0.333. The minimum Gasteiger partial charge on any atom is -0.489 e. The van der Waals surface area contributed by atoms with Gasteiger partial charge < -0.3 is 4.74 Å². The Balaban J connectivity index is 1.83. The molecule has 136 valence electrons. The molecule has 2 heteroatoms. The molecule has 0 aliphatic carbocycles. The second-order valence-corrected chi connectivity index (χ2v) is 7.54. The molecule has 0 unspecified atom stereocenters. The van der Waals surface area contributed by atoms with Gasteiger partial charge in [-0.2, -0.15) is 0 Å². The van der Waals surface area contributed by atoms with Gasteiger partial charge in [-0.3, -0.25) is 4.90 Å². The standard InChI is InChI=1S/C24H29NO/c1-24(2,3)16-9-6-10-17-25(4)19-22-14-11-15-23(18-22)26-20-21-12-7-5-8-13-21/h5-8,10-15,18H,17,19-20H2,1-4H3/b10-6-. The Morgan fingerprint density at radius 3 is 2.46 bits per heavy atom. The summed E-state index contributed by atoms with van der Waals surface area (Å²) in [7, 11) is 2.11. The van der Waals surface area contributed by atoms with E-state index in [1.165, 1.54) is 11.1 Å². The van der Waals surface area contributed by atoms with Gasteiger partial charge in [0.25, 0.3) is 0 Å². The third-order valence-electron chi connectivity index (χ3n) is 3.66. The highest BCUT2D eigenvalue weighted by Crippen LogP contribution is 2.16. The molecule has 0 saturated heterocycles. The fourth-order valence-electron chi connectivity index (χ4n) is 2.40. The van der Waals surface area contributed by atoms with Crippen LogP contribution in [0.25, 0.3) is 0 Å². The van der Waals surface area contributed by atoms with Gasteiger partial charge in [0.15, 0.2) is 0 Å². The Hall–Kier alpha value is -2.50. The van der Waals surface area contributed by atoms with Gasteiger partial charge in [-0.05, 0) is 57.2 Å². The summed E-state index contributed by atoms with van der Waals surface area (Å²) < 4.78 is 5.91. The van der Waals surface area contributed by atoms with Crippen molar-refractivity contribution in [1.82, 2.24) is 4.90 Å². The lowest BCUT2D eigenvalue weighted by atomic mass is 9.98. The van der Waals surface area contributed by atoms with E-state index >= 15 is 0 Å². The number of ether oxygens (including phenoxy) is 1. The van der Waals surface area contributed by atoms with E-state index in [4.69, 9.17) is 4.74 Å². The van der Waals surface area contributed by atoms with Crippen LogP contribution in [-0.2, 0) is 13.2 Å². The smallest absolute Gasteiger partial charge is 0.120 e. The van der Waals surface area contributed by atoms with Gasteiger partial charge in [-0.15, -0.1) is 0 Å². The highest BCUT2D eigenvalue weighted by Gasteiger charge is 2.03. The summed E-state index contributed by atoms with van der Waals surface area (Å²) in [4.78, 5) is 2.26. The fourth-order valence-corrected chi connectivity index (χ4v) is 2.40. The lowest BCUT2D eigenvalue weighted by Gasteiger charge is -2.15. The summed E-state index contributed by atoms with van der Waals surface area (Å²) in [5.41, 5.74) is 2.47. The average Bonchev–Trinajstić information content (AvgIpc) is 2.60. The minimum absolute atomic E-state index is 0.0520. The van der Waals surface area contributed by atoms with Gasteiger partial charge in [-0.1, -0.05) is 60.4 Å². The number of nitrogens with zero attached hydrogens (tertiary/aromatic N) is 1. The van der Waals surface area contributed by atoms with Gasteiger partial charge in [-0.25, -0.2) is 0 Å². The SMILES string of the molecule is CN(C/C=C\C#CC(C)(C)C)Cc1cccc(OCc2ccccc2)c1. The van der Waals surface area contributed by atoms with Crippen LogP contribution in [0.5, 0.6) is 5.75 Å². The largest absolute Gasteiger partial charge is 0.489 e. The minimum atomic E-state index is 0.0520. The zero-order chi connectivity index (χ0) is 18.8. The van der Waals surface area contributed by atoms with E-state index in [0.29, 0.717) is 6.61 Å². The van der Waals surface area contributed by atoms with E-state index in [2.05, 4.69) is 74.9 Å². The summed E-state index contributed by atoms with van der Waals surface area (Å²) >= 11 is 0. The van der Waals surface area contributed by atoms with E-state index in [0.717, 1.165) is 18.8 Å². The molecule has 0 aromatic heterocycles. The van der Waals surface area contributed by atoms with Gasteiger partial charge in [0.2, 0.25) is 0 Å². The first-order valence-corrected chi connectivity index (χ1v) is 9.04. The molecule has 0 fully saturated rings. The van der Waals surface area contributed by atoms with Crippen molar-refractivity contribution in [2.75, 3.05) is 13.6 Å². The van der Waals surface area contributed by atoms with Crippen LogP contribution in [0.1, 0.15) is 31.9 Å². The van der Waals surface area contributed by atoms with Crippen LogP contribution in [0.15, 0.2) is 66.7 Å². The molecule has 0 saturated carbocycles. The van der Waals surface area contributed by atoms with E-state index in [1.807, 2.05) is 36.4 Å². The number of allylic oxidation sites excluding steroid dienone is 1. The zero-order valence-corrected chi connectivity index (χ0v) is 16.3. The third kappa shape index (κ3) is 8.05. The third-order valence-corrected chi connectivity index (χ3v) is 3.66. The van der Waals surface area contributed by atoms with Gasteiger partial charge in [0, 0.05) is 18.5 Å². The second kappa shape index (κ2) is 9.85. The van der Waals surface area contributed by atoms with Gasteiger partial charge >= 0.3 is 0 Å². The quantitative estimate of drug-likeness (QED) is 0.630. The lowest BCUT2D eigenvalue weighted by Crippen LogP contribution is -2.17. The number of hydrogen-bond donors (Lipinski definition) is 0. The van der Waals surface area contributed by atoms with Crippen LogP contribution in [0.4, 0.5) is 0 Å². The van der Waals surface area contributed by atoms with Gasteiger partial charge in [0.1, 0.15) is 12.4 Å². The van der Waals surface area contributed by atoms with Crippen LogP contribution in [-0.4, -0.2) is 18.5 Å². The van der Waals surface area contributed by atoms with Crippen molar-refractivity contribution in [2.45, 2.75) is 33.9 Å². The first-order chi connectivity index (χ1) is 12.4. The van der Waals surface area contributed by atoms with Crippen LogP contribution in [0.3, 0.4) is 0 Å². The topological polar surface area (TPSA) is 12.5 Å². The number of rotatable bonds is 7. The van der Waals surface area contributed by atoms with Crippen molar-refractivity contribution in [3.05, 3.63) is 77.9 Å². The molecule has 2 rings (SSSR count). The zero-order valence-electron chi connectivity index (χ0n) is 16.3. The molecule has 26 heavy (non-hydrogen) atoms. The van der Waals surface area contributed by atoms with Crippen LogP contribution in [0, 0.1) is 17.3 Å². The number of benzene rings is 2. The molecular weight excluding hydrogens is 318 g/mol. The van der Waals surface area contributed by atoms with Crippen molar-refractivity contribution >= 4 is 0 Å². The summed E-state index contributed by atoms with van der Waals surface area (Å²) in [5, 5.41) is 0. The Kier molecular flexibility index (Phi) is 7.51. The van der Waals surface area contributed by atoms with Crippen LogP contribution < -0.4 is 4.74 Å². The molecule has 2 aromatic carbocycles. The molecule has 0 radical (unpaired) electrons. The molecule has 0 atom stereocenters. The predicted molar refractivity (Wildman–Crippen MR) is 110 cm³/mol. The summed E-state index contributed by atoms with van der Waals surface area (Å²) in [5.74, 6) is 7.23. The molecule has 0 aliphatic rings. The molecule has 0 amide bonds. The maximum Gasteiger partial charge on any atom is 0.120 e. The Bertz CT molecular complexity index is 760. The number of hydrogen-bond acceptors (Lipinski definition) is 2. The maximum atomic E-state index is 5.91. The first-order valence-electron chi connectivity index (χ1n) is 9.04. The number of likely N-dealkylation sites (N-methyl/N-ethyl adjacent to an activating group) is 1. The van der Waals surface area contributed by atoms with E-state index in [1.54, 1.807) is 0 Å². The normalized spacial score (nSPS) is 11.4. The molecule has 2 aromatic rings. The van der Waals surface area contributed by atoms with E-state index in [-0.39, 0.29) is 5.41 Å². The Morgan fingerprint density at radius 2 is 1.73 bits per heavy atom. The Labute approximate surface area is 158 Å². The second-order valence-electron chi connectivity index (χ2n) is 7.54. The monoisotopic (exact) mass is 347 g/mol. The molecule has 0 bridgehead atoms. The average molecular weight is 348 g/mol. The van der Waals surface area contributed by atoms with Crippen molar-refractivity contribution in [3.63, 3.8) is 0 Å². The highest BCUT2D eigenvalue weighted by molar-refractivity contribution is 5.29. The van der Waals surface area contributed by atoms with Crippen molar-refractivity contribution in [3.8, 4) is 17.6 Å². The Morgan fingerprint density at radius 1 is 1.00 bits per heavy atom. The summed E-state index contributed by atoms with van der Waals surface area (Å²) in [6.45, 7) is 8.69. The van der Waals surface area contributed by atoms with Crippen molar-refractivity contribution in [1.29, 1.82) is 0 Å². The molecule has 2 nitrogen and oxygen atoms in total. The van der Waals surface area contributed by atoms with E-state index in [9.17, 15) is 0 Å². The van der Waals surface area contributed by atoms with Crippen molar-refractivity contribution < 1.29 is 4.74 Å². The summed E-state index contributed by atoms with van der Waals surface area (Å²) in [6.07, 6.45) is 4.05. The molecular formula is C24H29NO. The predicted octanol–water partition coefficient (Wildman–Crippen LogP) is 5.30. The van der Waals surface area contributed by atoms with Crippen molar-refractivity contribution in [2.24, 2.45) is 5.41 Å². The molecule has 0 aliphatic heterocycles. The molecule has 0 heterocycles. The van der Waals surface area contributed by atoms with Crippen LogP contribution in [0.2, 0.25) is 0 Å². The van der Waals surface area contributed by atoms with Gasteiger partial charge in [0.05, 0.1) is 0 Å². The first kappa shape index (κ1) is 19.8. The van der Waals surface area contributed by atoms with E-state index < -0.39 is 0 Å². The molecule has 0 N–H and O–H groups in total.